The molecule has 0 bridgehead atoms. The van der Waals surface area contributed by atoms with Crippen molar-refractivity contribution in [2.45, 2.75) is 38.3 Å². The lowest BCUT2D eigenvalue weighted by Crippen LogP contribution is -2.43. The maximum absolute atomic E-state index is 12.8. The Morgan fingerprint density at radius 2 is 1.70 bits per heavy atom. The van der Waals surface area contributed by atoms with Crippen LogP contribution in [0.5, 0.6) is 0 Å². The Kier molecular flexibility index (Phi) is 8.70. The van der Waals surface area contributed by atoms with Gasteiger partial charge in [0.25, 0.3) is 5.91 Å². The fourth-order valence-corrected chi connectivity index (χ4v) is 2.10. The van der Waals surface area contributed by atoms with Crippen molar-refractivity contribution >= 4 is 23.9 Å². The molecule has 1 rings (SSSR count). The average molecular weight is 384 g/mol. The molecule has 2 atom stereocenters. The summed E-state index contributed by atoms with van der Waals surface area (Å²) in [5, 5.41) is 22.6. The molecule has 9 nitrogen and oxygen atoms in total. The maximum atomic E-state index is 12.8. The number of alkyl carbamates (subject to hydrolysis) is 1. The predicted octanol–water partition coefficient (Wildman–Crippen LogP) is 1.38. The molecule has 0 saturated carbocycles. The van der Waals surface area contributed by atoms with Crippen LogP contribution in [0.3, 0.4) is 0 Å². The molecule has 0 fully saturated rings. The number of rotatable bonds is 10. The van der Waals surface area contributed by atoms with E-state index in [1.165, 1.54) is 12.1 Å². The third-order valence-electron chi connectivity index (χ3n) is 3.49. The van der Waals surface area contributed by atoms with E-state index in [1.807, 2.05) is 0 Å². The summed E-state index contributed by atoms with van der Waals surface area (Å²) in [4.78, 5) is 45.7. The zero-order valence-electron chi connectivity index (χ0n) is 14.6. The number of benzene rings is 1. The molecule has 0 aliphatic heterocycles. The number of nitrogens with one attached hydrogen (secondary N) is 2. The van der Waals surface area contributed by atoms with Crippen LogP contribution in [0.4, 0.5) is 9.18 Å². The van der Waals surface area contributed by atoms with Gasteiger partial charge in [-0.05, 0) is 30.7 Å². The molecule has 0 aliphatic rings. The Labute approximate surface area is 154 Å². The third kappa shape index (κ3) is 7.72. The van der Waals surface area contributed by atoms with Crippen LogP contribution in [0.2, 0.25) is 0 Å². The molecule has 0 aromatic heterocycles. The summed E-state index contributed by atoms with van der Waals surface area (Å²) in [7, 11) is 0. The topological polar surface area (TPSA) is 142 Å². The lowest BCUT2D eigenvalue weighted by atomic mass is 10.2. The van der Waals surface area contributed by atoms with E-state index >= 15 is 0 Å². The van der Waals surface area contributed by atoms with E-state index in [4.69, 9.17) is 14.9 Å². The molecule has 10 heteroatoms. The number of hydrogen-bond donors (Lipinski definition) is 4. The molecule has 148 valence electrons. The SMILES string of the molecule is CCC[C@H](NC(=O)O[C@H](CCNC(=O)c1ccc(F)cc1)C(=O)O)C(=O)O. The van der Waals surface area contributed by atoms with Crippen LogP contribution < -0.4 is 10.6 Å². The van der Waals surface area contributed by atoms with Crippen molar-refractivity contribution in [2.24, 2.45) is 0 Å². The van der Waals surface area contributed by atoms with Crippen molar-refractivity contribution in [3.63, 3.8) is 0 Å². The largest absolute Gasteiger partial charge is 0.480 e. The first-order valence-corrected chi connectivity index (χ1v) is 8.21. The van der Waals surface area contributed by atoms with E-state index in [0.29, 0.717) is 6.42 Å². The van der Waals surface area contributed by atoms with Crippen LogP contribution in [0.15, 0.2) is 24.3 Å². The monoisotopic (exact) mass is 384 g/mol. The van der Waals surface area contributed by atoms with Gasteiger partial charge in [0.15, 0.2) is 0 Å². The van der Waals surface area contributed by atoms with Crippen LogP contribution >= 0.6 is 0 Å². The van der Waals surface area contributed by atoms with Gasteiger partial charge in [-0.1, -0.05) is 13.3 Å². The van der Waals surface area contributed by atoms with E-state index in [0.717, 1.165) is 12.1 Å². The Morgan fingerprint density at radius 1 is 1.07 bits per heavy atom. The Morgan fingerprint density at radius 3 is 2.22 bits per heavy atom. The first-order valence-electron chi connectivity index (χ1n) is 8.21. The first kappa shape index (κ1) is 21.9. The minimum absolute atomic E-state index is 0.127. The van der Waals surface area contributed by atoms with Gasteiger partial charge in [-0.15, -0.1) is 0 Å². The van der Waals surface area contributed by atoms with Crippen molar-refractivity contribution in [3.8, 4) is 0 Å². The fraction of sp³-hybridized carbons (Fsp3) is 0.412. The van der Waals surface area contributed by atoms with Gasteiger partial charge in [0.05, 0.1) is 0 Å². The number of amides is 2. The highest BCUT2D eigenvalue weighted by Gasteiger charge is 2.25. The second-order valence-electron chi connectivity index (χ2n) is 5.61. The molecule has 0 heterocycles. The fourth-order valence-electron chi connectivity index (χ4n) is 2.10. The van der Waals surface area contributed by atoms with E-state index in [9.17, 15) is 23.6 Å². The number of ether oxygens (including phenoxy) is 1. The number of halogens is 1. The predicted molar refractivity (Wildman–Crippen MR) is 90.7 cm³/mol. The van der Waals surface area contributed by atoms with Crippen molar-refractivity contribution in [1.29, 1.82) is 0 Å². The van der Waals surface area contributed by atoms with Crippen molar-refractivity contribution in [3.05, 3.63) is 35.6 Å². The van der Waals surface area contributed by atoms with Gasteiger partial charge in [0.2, 0.25) is 6.10 Å². The van der Waals surface area contributed by atoms with E-state index < -0.39 is 41.9 Å². The van der Waals surface area contributed by atoms with Crippen LogP contribution in [0.1, 0.15) is 36.5 Å². The van der Waals surface area contributed by atoms with Crippen LogP contribution in [-0.4, -0.2) is 52.8 Å². The average Bonchev–Trinajstić information content (AvgIpc) is 2.60. The molecule has 0 radical (unpaired) electrons. The Bertz CT molecular complexity index is 678. The number of aliphatic carboxylic acids is 2. The zero-order valence-corrected chi connectivity index (χ0v) is 14.6. The van der Waals surface area contributed by atoms with Crippen LogP contribution in [0, 0.1) is 5.82 Å². The molecular weight excluding hydrogens is 363 g/mol. The summed E-state index contributed by atoms with van der Waals surface area (Å²) >= 11 is 0. The molecule has 27 heavy (non-hydrogen) atoms. The Hall–Kier alpha value is -3.17. The third-order valence-corrected chi connectivity index (χ3v) is 3.49. The summed E-state index contributed by atoms with van der Waals surface area (Å²) in [6.07, 6.45) is -2.32. The van der Waals surface area contributed by atoms with Gasteiger partial charge in [-0.2, -0.15) is 0 Å². The normalized spacial score (nSPS) is 12.5. The van der Waals surface area contributed by atoms with Crippen molar-refractivity contribution in [2.75, 3.05) is 6.54 Å². The van der Waals surface area contributed by atoms with Gasteiger partial charge >= 0.3 is 18.0 Å². The molecule has 1 aromatic carbocycles. The highest BCUT2D eigenvalue weighted by atomic mass is 19.1. The van der Waals surface area contributed by atoms with E-state index in [1.54, 1.807) is 6.92 Å². The number of carboxylic acid groups (broad SMARTS) is 2. The van der Waals surface area contributed by atoms with Gasteiger partial charge in [0, 0.05) is 18.5 Å². The summed E-state index contributed by atoms with van der Waals surface area (Å²) in [6, 6.07) is 3.57. The van der Waals surface area contributed by atoms with Gasteiger partial charge in [-0.25, -0.2) is 18.8 Å². The lowest BCUT2D eigenvalue weighted by Gasteiger charge is -2.17. The summed E-state index contributed by atoms with van der Waals surface area (Å²) < 4.78 is 17.5. The summed E-state index contributed by atoms with van der Waals surface area (Å²) in [6.45, 7) is 1.60. The summed E-state index contributed by atoms with van der Waals surface area (Å²) in [5.41, 5.74) is 0.186. The van der Waals surface area contributed by atoms with Gasteiger partial charge < -0.3 is 25.6 Å². The van der Waals surface area contributed by atoms with Crippen LogP contribution in [0.25, 0.3) is 0 Å². The number of carbonyl (C=O) groups is 4. The smallest absolute Gasteiger partial charge is 0.408 e. The molecular formula is C17H21FN2O7. The van der Waals surface area contributed by atoms with Crippen molar-refractivity contribution in [1.82, 2.24) is 10.6 Å². The molecule has 0 spiro atoms. The molecule has 1 aromatic rings. The molecule has 0 unspecified atom stereocenters. The molecule has 4 N–H and O–H groups in total. The van der Waals surface area contributed by atoms with Gasteiger partial charge in [0.1, 0.15) is 11.9 Å². The second kappa shape index (κ2) is 10.7. The second-order valence-corrected chi connectivity index (χ2v) is 5.61. The number of hydrogen-bond acceptors (Lipinski definition) is 5. The Balaban J connectivity index is 2.52. The van der Waals surface area contributed by atoms with Gasteiger partial charge in [-0.3, -0.25) is 4.79 Å². The lowest BCUT2D eigenvalue weighted by molar-refractivity contribution is -0.147. The highest BCUT2D eigenvalue weighted by Crippen LogP contribution is 2.05. The summed E-state index contributed by atoms with van der Waals surface area (Å²) in [5.74, 6) is -3.74. The standard InChI is InChI=1S/C17H21FN2O7/c1-2-3-12(15(22)23)20-17(26)27-13(16(24)25)8-9-19-14(21)10-4-6-11(18)7-5-10/h4-7,12-13H,2-3,8-9H2,1H3,(H,19,21)(H,20,26)(H,22,23)(H,24,25)/t12-,13+/m0/s1. The molecule has 0 saturated heterocycles. The van der Waals surface area contributed by atoms with E-state index in [2.05, 4.69) is 10.6 Å². The number of carboxylic acids is 2. The first-order chi connectivity index (χ1) is 12.7. The zero-order chi connectivity index (χ0) is 20.4. The maximum Gasteiger partial charge on any atom is 0.408 e. The highest BCUT2D eigenvalue weighted by molar-refractivity contribution is 5.94. The van der Waals surface area contributed by atoms with E-state index in [-0.39, 0.29) is 24.9 Å². The minimum Gasteiger partial charge on any atom is -0.480 e. The number of carbonyl (C=O) groups excluding carboxylic acids is 2. The van der Waals surface area contributed by atoms with Crippen molar-refractivity contribution < 1.29 is 38.5 Å². The molecule has 0 aliphatic carbocycles. The minimum atomic E-state index is -1.57. The van der Waals surface area contributed by atoms with Crippen LogP contribution in [-0.2, 0) is 14.3 Å². The quantitative estimate of drug-likeness (QED) is 0.477. The molecule has 2 amide bonds.